The lowest BCUT2D eigenvalue weighted by atomic mass is 10.2. The number of benzene rings is 1. The molecule has 0 bridgehead atoms. The molecule has 0 saturated carbocycles. The first-order chi connectivity index (χ1) is 9.31. The highest BCUT2D eigenvalue weighted by atomic mass is 32.2. The monoisotopic (exact) mass is 280 g/mol. The molecular formula is C14H20N2O2S. The summed E-state index contributed by atoms with van der Waals surface area (Å²) in [6, 6.07) is 9.77. The molecule has 1 aliphatic heterocycles. The van der Waals surface area contributed by atoms with Crippen molar-refractivity contribution in [3.05, 3.63) is 35.9 Å². The van der Waals surface area contributed by atoms with E-state index in [2.05, 4.69) is 5.32 Å². The second-order valence-electron chi connectivity index (χ2n) is 4.55. The van der Waals surface area contributed by atoms with Crippen LogP contribution >= 0.6 is 11.8 Å². The van der Waals surface area contributed by atoms with Gasteiger partial charge in [-0.15, -0.1) is 0 Å². The van der Waals surface area contributed by atoms with Crippen molar-refractivity contribution in [2.75, 3.05) is 31.2 Å². The van der Waals surface area contributed by atoms with E-state index < -0.39 is 0 Å². The van der Waals surface area contributed by atoms with Crippen molar-refractivity contribution in [1.29, 1.82) is 0 Å². The molecule has 1 atom stereocenters. The minimum Gasteiger partial charge on any atom is -0.395 e. The number of carbonyl (C=O) groups excluding carboxylic acids is 1. The molecular weight excluding hydrogens is 260 g/mol. The Labute approximate surface area is 118 Å². The Kier molecular flexibility index (Phi) is 5.69. The van der Waals surface area contributed by atoms with Crippen LogP contribution in [0.1, 0.15) is 5.56 Å². The molecule has 0 spiro atoms. The van der Waals surface area contributed by atoms with Crippen LogP contribution in [-0.4, -0.2) is 53.2 Å². The number of aliphatic hydroxyl groups is 1. The van der Waals surface area contributed by atoms with Crippen LogP contribution in [0.2, 0.25) is 0 Å². The fraction of sp³-hybridized carbons (Fsp3) is 0.500. The molecule has 1 amide bonds. The molecule has 1 heterocycles. The highest BCUT2D eigenvalue weighted by Gasteiger charge is 2.25. The predicted octanol–water partition coefficient (Wildman–Crippen LogP) is 0.713. The van der Waals surface area contributed by atoms with Crippen molar-refractivity contribution in [2.24, 2.45) is 0 Å². The molecule has 1 unspecified atom stereocenters. The first kappa shape index (κ1) is 14.4. The lowest BCUT2D eigenvalue weighted by molar-refractivity contribution is -0.134. The van der Waals surface area contributed by atoms with Crippen LogP contribution in [0.5, 0.6) is 0 Å². The maximum atomic E-state index is 12.4. The summed E-state index contributed by atoms with van der Waals surface area (Å²) in [6.07, 6.45) is 0. The number of nitrogens with zero attached hydrogens (tertiary/aromatic N) is 1. The molecule has 4 nitrogen and oxygen atoms in total. The number of thioether (sulfide) groups is 1. The summed E-state index contributed by atoms with van der Waals surface area (Å²) in [5.41, 5.74) is 1.09. The molecule has 19 heavy (non-hydrogen) atoms. The third-order valence-electron chi connectivity index (χ3n) is 3.12. The quantitative estimate of drug-likeness (QED) is 0.834. The largest absolute Gasteiger partial charge is 0.395 e. The number of rotatable bonds is 5. The van der Waals surface area contributed by atoms with Crippen molar-refractivity contribution in [3.63, 3.8) is 0 Å². The van der Waals surface area contributed by atoms with Crippen molar-refractivity contribution >= 4 is 17.7 Å². The number of hydrogen-bond donors (Lipinski definition) is 2. The van der Waals surface area contributed by atoms with Crippen LogP contribution in [0.25, 0.3) is 0 Å². The van der Waals surface area contributed by atoms with Gasteiger partial charge in [0.05, 0.1) is 12.6 Å². The molecule has 1 saturated heterocycles. The second kappa shape index (κ2) is 7.53. The number of aliphatic hydroxyl groups excluding tert-OH is 1. The molecule has 0 aliphatic carbocycles. The van der Waals surface area contributed by atoms with Gasteiger partial charge in [0.15, 0.2) is 0 Å². The summed E-state index contributed by atoms with van der Waals surface area (Å²) < 4.78 is 0. The SMILES string of the molecule is O=C(C1CSCCN1)N(CCO)Cc1ccccc1. The van der Waals surface area contributed by atoms with Crippen molar-refractivity contribution in [2.45, 2.75) is 12.6 Å². The van der Waals surface area contributed by atoms with E-state index in [1.165, 1.54) is 0 Å². The molecule has 0 radical (unpaired) electrons. The van der Waals surface area contributed by atoms with Gasteiger partial charge in [0.2, 0.25) is 5.91 Å². The topological polar surface area (TPSA) is 52.6 Å². The molecule has 1 fully saturated rings. The van der Waals surface area contributed by atoms with E-state index in [0.29, 0.717) is 13.1 Å². The van der Waals surface area contributed by atoms with E-state index >= 15 is 0 Å². The van der Waals surface area contributed by atoms with Crippen molar-refractivity contribution in [1.82, 2.24) is 10.2 Å². The molecule has 5 heteroatoms. The zero-order chi connectivity index (χ0) is 13.5. The average molecular weight is 280 g/mol. The van der Waals surface area contributed by atoms with E-state index in [0.717, 1.165) is 23.6 Å². The summed E-state index contributed by atoms with van der Waals surface area (Å²) in [5.74, 6) is 1.96. The molecule has 2 N–H and O–H groups in total. The molecule has 1 aromatic rings. The minimum atomic E-state index is -0.117. The van der Waals surface area contributed by atoms with Crippen LogP contribution in [-0.2, 0) is 11.3 Å². The van der Waals surface area contributed by atoms with Gasteiger partial charge in [-0.3, -0.25) is 4.79 Å². The van der Waals surface area contributed by atoms with Gasteiger partial charge < -0.3 is 15.3 Å². The zero-order valence-electron chi connectivity index (χ0n) is 10.9. The Morgan fingerprint density at radius 1 is 1.42 bits per heavy atom. The van der Waals surface area contributed by atoms with Gasteiger partial charge in [0, 0.05) is 31.1 Å². The summed E-state index contributed by atoms with van der Waals surface area (Å²) in [7, 11) is 0. The highest BCUT2D eigenvalue weighted by molar-refractivity contribution is 7.99. The first-order valence-electron chi connectivity index (χ1n) is 6.56. The van der Waals surface area contributed by atoms with E-state index in [4.69, 9.17) is 5.11 Å². The molecule has 0 aromatic heterocycles. The maximum Gasteiger partial charge on any atom is 0.240 e. The van der Waals surface area contributed by atoms with Crippen LogP contribution < -0.4 is 5.32 Å². The Bertz CT molecular complexity index is 394. The van der Waals surface area contributed by atoms with Gasteiger partial charge in [0.1, 0.15) is 0 Å². The summed E-state index contributed by atoms with van der Waals surface area (Å²) in [4.78, 5) is 14.2. The van der Waals surface area contributed by atoms with Gasteiger partial charge in [0.25, 0.3) is 0 Å². The third-order valence-corrected chi connectivity index (χ3v) is 4.18. The average Bonchev–Trinajstić information content (AvgIpc) is 2.48. The van der Waals surface area contributed by atoms with Crippen molar-refractivity contribution in [3.8, 4) is 0 Å². The Morgan fingerprint density at radius 2 is 2.21 bits per heavy atom. The standard InChI is InChI=1S/C14H20N2O2S/c17-8-7-16(10-12-4-2-1-3-5-12)14(18)13-11-19-9-6-15-13/h1-5,13,15,17H,6-11H2. The number of nitrogens with one attached hydrogen (secondary N) is 1. The molecule has 1 aliphatic rings. The third kappa shape index (κ3) is 4.23. The van der Waals surface area contributed by atoms with Gasteiger partial charge >= 0.3 is 0 Å². The highest BCUT2D eigenvalue weighted by Crippen LogP contribution is 2.12. The Hall–Kier alpha value is -1.04. The summed E-state index contributed by atoms with van der Waals surface area (Å²) >= 11 is 1.80. The fourth-order valence-electron chi connectivity index (χ4n) is 2.14. The van der Waals surface area contributed by atoms with Gasteiger partial charge in [-0.2, -0.15) is 11.8 Å². The van der Waals surface area contributed by atoms with Crippen LogP contribution in [0.15, 0.2) is 30.3 Å². The first-order valence-corrected chi connectivity index (χ1v) is 7.71. The van der Waals surface area contributed by atoms with E-state index in [1.54, 1.807) is 16.7 Å². The molecule has 104 valence electrons. The van der Waals surface area contributed by atoms with Crippen LogP contribution in [0, 0.1) is 0 Å². The summed E-state index contributed by atoms with van der Waals surface area (Å²) in [5, 5.41) is 12.4. The Balaban J connectivity index is 2.00. The van der Waals surface area contributed by atoms with Crippen molar-refractivity contribution < 1.29 is 9.90 Å². The normalized spacial score (nSPS) is 19.1. The number of amides is 1. The predicted molar refractivity (Wildman–Crippen MR) is 78.1 cm³/mol. The number of hydrogen-bond acceptors (Lipinski definition) is 4. The number of carbonyl (C=O) groups is 1. The second-order valence-corrected chi connectivity index (χ2v) is 5.70. The zero-order valence-corrected chi connectivity index (χ0v) is 11.7. The fourth-order valence-corrected chi connectivity index (χ4v) is 3.06. The van der Waals surface area contributed by atoms with E-state index in [-0.39, 0.29) is 18.6 Å². The van der Waals surface area contributed by atoms with E-state index in [1.807, 2.05) is 30.3 Å². The smallest absolute Gasteiger partial charge is 0.240 e. The molecule has 1 aromatic carbocycles. The van der Waals surface area contributed by atoms with E-state index in [9.17, 15) is 4.79 Å². The lowest BCUT2D eigenvalue weighted by Gasteiger charge is -2.29. The van der Waals surface area contributed by atoms with Crippen LogP contribution in [0.4, 0.5) is 0 Å². The Morgan fingerprint density at radius 3 is 2.84 bits per heavy atom. The lowest BCUT2D eigenvalue weighted by Crippen LogP contribution is -2.50. The maximum absolute atomic E-state index is 12.4. The van der Waals surface area contributed by atoms with Gasteiger partial charge in [-0.1, -0.05) is 30.3 Å². The summed E-state index contributed by atoms with van der Waals surface area (Å²) in [6.45, 7) is 1.82. The van der Waals surface area contributed by atoms with Gasteiger partial charge in [-0.05, 0) is 5.56 Å². The minimum absolute atomic E-state index is 0.00155. The molecule has 2 rings (SSSR count). The van der Waals surface area contributed by atoms with Crippen LogP contribution in [0.3, 0.4) is 0 Å². The van der Waals surface area contributed by atoms with Gasteiger partial charge in [-0.25, -0.2) is 0 Å².